The molecule has 0 aliphatic heterocycles. The minimum atomic E-state index is -0.480. The van der Waals surface area contributed by atoms with Crippen molar-refractivity contribution in [3.05, 3.63) is 54.4 Å². The normalized spacial score (nSPS) is 9.68. The summed E-state index contributed by atoms with van der Waals surface area (Å²) >= 11 is 0. The number of ether oxygens (including phenoxy) is 1. The third-order valence-corrected chi connectivity index (χ3v) is 2.76. The molecule has 3 N–H and O–H groups in total. The van der Waals surface area contributed by atoms with Gasteiger partial charge in [0, 0.05) is 6.20 Å². The Hall–Kier alpha value is -3.09. The Labute approximate surface area is 127 Å². The molecule has 0 spiro atoms. The van der Waals surface area contributed by atoms with Gasteiger partial charge in [-0.2, -0.15) is 0 Å². The second kappa shape index (κ2) is 7.63. The van der Waals surface area contributed by atoms with Gasteiger partial charge in [-0.05, 0) is 24.3 Å². The zero-order valence-electron chi connectivity index (χ0n) is 12.0. The minimum Gasteiger partial charge on any atom is -0.495 e. The lowest BCUT2D eigenvalue weighted by Gasteiger charge is -2.11. The van der Waals surface area contributed by atoms with Crippen LogP contribution < -0.4 is 20.9 Å². The third kappa shape index (κ3) is 4.20. The van der Waals surface area contributed by atoms with Gasteiger partial charge in [-0.25, -0.2) is 0 Å². The number of methoxy groups -OCH3 is 1. The monoisotopic (exact) mass is 300 g/mol. The van der Waals surface area contributed by atoms with E-state index < -0.39 is 11.8 Å². The summed E-state index contributed by atoms with van der Waals surface area (Å²) in [4.78, 5) is 27.3. The number of rotatable bonds is 5. The fourth-order valence-electron chi connectivity index (χ4n) is 1.70. The summed E-state index contributed by atoms with van der Waals surface area (Å²) in [7, 11) is 1.55. The summed E-state index contributed by atoms with van der Waals surface area (Å²) in [5, 5.41) is 2.92. The van der Waals surface area contributed by atoms with E-state index in [0.717, 1.165) is 0 Å². The maximum absolute atomic E-state index is 11.7. The van der Waals surface area contributed by atoms with E-state index in [1.165, 1.54) is 6.20 Å². The number of carbonyl (C=O) groups is 2. The number of nitrogens with zero attached hydrogens (tertiary/aromatic N) is 1. The fraction of sp³-hybridized carbons (Fsp3) is 0.133. The highest BCUT2D eigenvalue weighted by atomic mass is 16.5. The number of carbonyl (C=O) groups excluding carboxylic acids is 2. The predicted octanol–water partition coefficient (Wildman–Crippen LogP) is 0.963. The number of benzene rings is 1. The number of aromatic nitrogens is 1. The van der Waals surface area contributed by atoms with E-state index in [2.05, 4.69) is 21.2 Å². The lowest BCUT2D eigenvalue weighted by molar-refractivity contribution is -0.120. The van der Waals surface area contributed by atoms with Gasteiger partial charge in [-0.3, -0.25) is 25.4 Å². The number of pyridine rings is 1. The van der Waals surface area contributed by atoms with Crippen LogP contribution in [0, 0.1) is 0 Å². The van der Waals surface area contributed by atoms with Crippen LogP contribution in [0.15, 0.2) is 48.7 Å². The summed E-state index contributed by atoms with van der Waals surface area (Å²) in [5.41, 5.74) is 5.51. The molecule has 0 fully saturated rings. The first kappa shape index (κ1) is 15.3. The molecule has 0 unspecified atom stereocenters. The van der Waals surface area contributed by atoms with E-state index >= 15 is 0 Å². The number of hydrogen-bond acceptors (Lipinski definition) is 5. The van der Waals surface area contributed by atoms with Crippen LogP contribution >= 0.6 is 0 Å². The van der Waals surface area contributed by atoms with Crippen LogP contribution in [0.5, 0.6) is 5.75 Å². The average Bonchev–Trinajstić information content (AvgIpc) is 2.58. The Morgan fingerprint density at radius 2 is 1.86 bits per heavy atom. The molecular formula is C15H16N4O3. The van der Waals surface area contributed by atoms with Crippen LogP contribution in [0.25, 0.3) is 0 Å². The van der Waals surface area contributed by atoms with Crippen LogP contribution in [-0.2, 0) is 4.79 Å². The van der Waals surface area contributed by atoms with Crippen molar-refractivity contribution in [1.29, 1.82) is 0 Å². The quantitative estimate of drug-likeness (QED) is 0.715. The molecule has 0 saturated carbocycles. The highest BCUT2D eigenvalue weighted by Crippen LogP contribution is 2.22. The van der Waals surface area contributed by atoms with Crippen molar-refractivity contribution in [3.8, 4) is 5.75 Å². The van der Waals surface area contributed by atoms with Crippen LogP contribution in [0.1, 0.15) is 10.5 Å². The van der Waals surface area contributed by atoms with Gasteiger partial charge in [-0.15, -0.1) is 0 Å². The van der Waals surface area contributed by atoms with Gasteiger partial charge in [0.2, 0.25) is 0 Å². The van der Waals surface area contributed by atoms with Gasteiger partial charge >= 0.3 is 0 Å². The highest BCUT2D eigenvalue weighted by Gasteiger charge is 2.08. The SMILES string of the molecule is COc1ccccc1NCC(=O)NNC(=O)c1ccccn1. The van der Waals surface area contributed by atoms with Crippen molar-refractivity contribution >= 4 is 17.5 Å². The first-order valence-corrected chi connectivity index (χ1v) is 6.58. The molecule has 2 aromatic rings. The van der Waals surface area contributed by atoms with Crippen molar-refractivity contribution in [2.75, 3.05) is 19.0 Å². The van der Waals surface area contributed by atoms with E-state index in [9.17, 15) is 9.59 Å². The molecular weight excluding hydrogens is 284 g/mol. The van der Waals surface area contributed by atoms with Gasteiger partial charge in [-0.1, -0.05) is 18.2 Å². The molecule has 0 atom stereocenters. The molecule has 1 heterocycles. The van der Waals surface area contributed by atoms with E-state index in [0.29, 0.717) is 11.4 Å². The Bertz CT molecular complexity index is 646. The Kier molecular flexibility index (Phi) is 5.31. The van der Waals surface area contributed by atoms with Gasteiger partial charge in [0.15, 0.2) is 0 Å². The number of hydrogen-bond donors (Lipinski definition) is 3. The molecule has 2 rings (SSSR count). The van der Waals surface area contributed by atoms with Gasteiger partial charge in [0.05, 0.1) is 19.3 Å². The zero-order valence-corrected chi connectivity index (χ0v) is 12.0. The molecule has 1 aromatic heterocycles. The van der Waals surface area contributed by atoms with Crippen LogP contribution in [0.4, 0.5) is 5.69 Å². The summed E-state index contributed by atoms with van der Waals surface area (Å²) < 4.78 is 5.16. The van der Waals surface area contributed by atoms with Crippen molar-refractivity contribution in [3.63, 3.8) is 0 Å². The maximum Gasteiger partial charge on any atom is 0.288 e. The Morgan fingerprint density at radius 1 is 1.09 bits per heavy atom. The first-order valence-electron chi connectivity index (χ1n) is 6.58. The summed E-state index contributed by atoms with van der Waals surface area (Å²) in [5.74, 6) is -0.241. The highest BCUT2D eigenvalue weighted by molar-refractivity contribution is 5.94. The zero-order chi connectivity index (χ0) is 15.8. The summed E-state index contributed by atoms with van der Waals surface area (Å²) in [6.07, 6.45) is 1.50. The van der Waals surface area contributed by atoms with Crippen molar-refractivity contribution < 1.29 is 14.3 Å². The molecule has 114 valence electrons. The molecule has 0 radical (unpaired) electrons. The molecule has 0 saturated heterocycles. The van der Waals surface area contributed by atoms with E-state index in [1.807, 2.05) is 12.1 Å². The second-order valence-electron chi connectivity index (χ2n) is 4.27. The molecule has 0 bridgehead atoms. The number of amides is 2. The molecule has 22 heavy (non-hydrogen) atoms. The number of para-hydroxylation sites is 2. The summed E-state index contributed by atoms with van der Waals surface area (Å²) in [6.45, 7) is -0.0110. The smallest absolute Gasteiger partial charge is 0.288 e. The van der Waals surface area contributed by atoms with Crippen molar-refractivity contribution in [2.24, 2.45) is 0 Å². The molecule has 2 amide bonds. The molecule has 1 aromatic carbocycles. The van der Waals surface area contributed by atoms with E-state index in [4.69, 9.17) is 4.74 Å². The number of nitrogens with one attached hydrogen (secondary N) is 3. The number of hydrazine groups is 1. The van der Waals surface area contributed by atoms with Gasteiger partial charge in [0.1, 0.15) is 11.4 Å². The Balaban J connectivity index is 1.80. The molecule has 0 aliphatic carbocycles. The van der Waals surface area contributed by atoms with Gasteiger partial charge < -0.3 is 10.1 Å². The Morgan fingerprint density at radius 3 is 2.59 bits per heavy atom. The number of anilines is 1. The largest absolute Gasteiger partial charge is 0.495 e. The molecule has 7 heteroatoms. The lowest BCUT2D eigenvalue weighted by Crippen LogP contribution is -2.44. The lowest BCUT2D eigenvalue weighted by atomic mass is 10.3. The van der Waals surface area contributed by atoms with Crippen molar-refractivity contribution in [2.45, 2.75) is 0 Å². The van der Waals surface area contributed by atoms with Crippen LogP contribution in [-0.4, -0.2) is 30.5 Å². The molecule has 0 aliphatic rings. The van der Waals surface area contributed by atoms with E-state index in [-0.39, 0.29) is 12.2 Å². The minimum absolute atomic E-state index is 0.0110. The summed E-state index contributed by atoms with van der Waals surface area (Å²) in [6, 6.07) is 12.2. The van der Waals surface area contributed by atoms with Crippen LogP contribution in [0.3, 0.4) is 0 Å². The van der Waals surface area contributed by atoms with Crippen molar-refractivity contribution in [1.82, 2.24) is 15.8 Å². The topological polar surface area (TPSA) is 92.4 Å². The van der Waals surface area contributed by atoms with Gasteiger partial charge in [0.25, 0.3) is 11.8 Å². The standard InChI is InChI=1S/C15H16N4O3/c1-22-13-8-3-2-6-11(13)17-10-14(20)18-19-15(21)12-7-4-5-9-16-12/h2-9,17H,10H2,1H3,(H,18,20)(H,19,21). The maximum atomic E-state index is 11.7. The molecule has 7 nitrogen and oxygen atoms in total. The fourth-order valence-corrected chi connectivity index (χ4v) is 1.70. The first-order chi connectivity index (χ1) is 10.7. The predicted molar refractivity (Wildman–Crippen MR) is 81.3 cm³/mol. The van der Waals surface area contributed by atoms with E-state index in [1.54, 1.807) is 37.4 Å². The second-order valence-corrected chi connectivity index (χ2v) is 4.27. The third-order valence-electron chi connectivity index (χ3n) is 2.76. The average molecular weight is 300 g/mol. The van der Waals surface area contributed by atoms with Crippen LogP contribution in [0.2, 0.25) is 0 Å².